The van der Waals surface area contributed by atoms with Gasteiger partial charge in [-0.3, -0.25) is 0 Å². The van der Waals surface area contributed by atoms with Crippen LogP contribution < -0.4 is 10.6 Å². The van der Waals surface area contributed by atoms with Crippen LogP contribution in [0, 0.1) is 6.92 Å². The normalized spacial score (nSPS) is 16.2. The lowest BCUT2D eigenvalue weighted by atomic mass is 10.0. The lowest BCUT2D eigenvalue weighted by Crippen LogP contribution is -2.46. The zero-order valence-electron chi connectivity index (χ0n) is 16.7. The van der Waals surface area contributed by atoms with Gasteiger partial charge in [0.1, 0.15) is 11.8 Å². The summed E-state index contributed by atoms with van der Waals surface area (Å²) in [6, 6.07) is 2.16. The van der Waals surface area contributed by atoms with Gasteiger partial charge in [-0.15, -0.1) is 21.5 Å². The highest BCUT2D eigenvalue weighted by molar-refractivity contribution is 7.99. The van der Waals surface area contributed by atoms with Gasteiger partial charge in [0.2, 0.25) is 5.89 Å². The summed E-state index contributed by atoms with van der Waals surface area (Å²) in [5.41, 5.74) is 1.52. The van der Waals surface area contributed by atoms with Gasteiger partial charge >= 0.3 is 12.0 Å². The summed E-state index contributed by atoms with van der Waals surface area (Å²) in [4.78, 5) is 29.3. The van der Waals surface area contributed by atoms with Crippen LogP contribution in [0.4, 0.5) is 4.79 Å². The summed E-state index contributed by atoms with van der Waals surface area (Å²) >= 11 is 2.76. The molecule has 0 aliphatic carbocycles. The minimum absolute atomic E-state index is 0.199. The van der Waals surface area contributed by atoms with E-state index in [0.29, 0.717) is 29.0 Å². The number of nitrogens with zero attached hydrogens (tertiary/aromatic N) is 3. The van der Waals surface area contributed by atoms with Crippen molar-refractivity contribution in [2.24, 2.45) is 0 Å². The minimum Gasteiger partial charge on any atom is -0.467 e. The minimum atomic E-state index is -0.760. The standard InChI is InChI=1S/C19H19N5O5S2/c1-3-27-17(25)15-12(21-18(26)22-16(15)13-5-4-6-28-13)9-31-19-24-23-14(29-19)7-11-8-30-10(2)20-11/h4-6,8,16H,3,7,9H2,1-2H3,(H2,21,22,26). The van der Waals surface area contributed by atoms with Crippen LogP contribution in [0.3, 0.4) is 0 Å². The van der Waals surface area contributed by atoms with Crippen molar-refractivity contribution in [2.45, 2.75) is 31.5 Å². The number of ether oxygens (including phenoxy) is 1. The molecule has 1 aliphatic rings. The molecule has 1 aliphatic heterocycles. The van der Waals surface area contributed by atoms with Crippen LogP contribution in [-0.4, -0.2) is 39.5 Å². The van der Waals surface area contributed by atoms with Crippen molar-refractivity contribution < 1.29 is 23.2 Å². The first kappa shape index (κ1) is 21.1. The number of rotatable bonds is 8. The zero-order valence-corrected chi connectivity index (χ0v) is 18.3. The summed E-state index contributed by atoms with van der Waals surface area (Å²) in [7, 11) is 0. The van der Waals surface area contributed by atoms with Crippen molar-refractivity contribution >= 4 is 35.1 Å². The highest BCUT2D eigenvalue weighted by atomic mass is 32.2. The Kier molecular flexibility index (Phi) is 6.37. The molecule has 0 saturated carbocycles. The van der Waals surface area contributed by atoms with Crippen molar-refractivity contribution in [3.63, 3.8) is 0 Å². The molecule has 4 heterocycles. The van der Waals surface area contributed by atoms with Crippen LogP contribution in [0.15, 0.2) is 49.1 Å². The van der Waals surface area contributed by atoms with Gasteiger partial charge < -0.3 is 24.2 Å². The summed E-state index contributed by atoms with van der Waals surface area (Å²) in [6.45, 7) is 3.85. The topological polar surface area (TPSA) is 132 Å². The van der Waals surface area contributed by atoms with Gasteiger partial charge in [0.25, 0.3) is 5.22 Å². The van der Waals surface area contributed by atoms with Crippen molar-refractivity contribution in [1.82, 2.24) is 25.8 Å². The second-order valence-electron chi connectivity index (χ2n) is 6.44. The highest BCUT2D eigenvalue weighted by Crippen LogP contribution is 2.30. The van der Waals surface area contributed by atoms with Gasteiger partial charge in [-0.2, -0.15) is 0 Å². The third kappa shape index (κ3) is 4.97. The Morgan fingerprint density at radius 1 is 1.39 bits per heavy atom. The van der Waals surface area contributed by atoms with Gasteiger partial charge in [0.05, 0.1) is 35.6 Å². The first-order valence-corrected chi connectivity index (χ1v) is 11.3. The molecule has 162 valence electrons. The molecule has 1 unspecified atom stereocenters. The van der Waals surface area contributed by atoms with Crippen molar-refractivity contribution in [1.29, 1.82) is 0 Å². The van der Waals surface area contributed by atoms with Crippen LogP contribution >= 0.6 is 23.1 Å². The molecule has 3 aromatic heterocycles. The molecule has 12 heteroatoms. The molecule has 0 radical (unpaired) electrons. The molecule has 0 saturated heterocycles. The first-order chi connectivity index (χ1) is 15.0. The SMILES string of the molecule is CCOC(=O)C1=C(CSc2nnc(Cc3csc(C)n3)o2)NC(=O)NC1c1ccco1. The van der Waals surface area contributed by atoms with Gasteiger partial charge in [-0.05, 0) is 26.0 Å². The first-order valence-electron chi connectivity index (χ1n) is 9.40. The predicted molar refractivity (Wildman–Crippen MR) is 111 cm³/mol. The number of carbonyl (C=O) groups is 2. The molecule has 3 aromatic rings. The molecular formula is C19H19N5O5S2. The zero-order chi connectivity index (χ0) is 21.8. The number of amides is 2. The smallest absolute Gasteiger partial charge is 0.338 e. The molecule has 2 N–H and O–H groups in total. The van der Waals surface area contributed by atoms with E-state index in [1.807, 2.05) is 12.3 Å². The van der Waals surface area contributed by atoms with Gasteiger partial charge in [-0.1, -0.05) is 11.8 Å². The Hall–Kier alpha value is -3.12. The summed E-state index contributed by atoms with van der Waals surface area (Å²) in [6.07, 6.45) is 1.92. The third-order valence-corrected chi connectivity index (χ3v) is 5.93. The van der Waals surface area contributed by atoms with E-state index in [0.717, 1.165) is 10.7 Å². The summed E-state index contributed by atoms with van der Waals surface area (Å²) in [5, 5.41) is 16.7. The maximum atomic E-state index is 12.7. The molecule has 31 heavy (non-hydrogen) atoms. The number of aromatic nitrogens is 3. The number of thiazole rings is 1. The van der Waals surface area contributed by atoms with Crippen LogP contribution in [0.25, 0.3) is 0 Å². The molecule has 2 amide bonds. The van der Waals surface area contributed by atoms with E-state index in [4.69, 9.17) is 13.6 Å². The molecule has 0 spiro atoms. The number of esters is 1. The van der Waals surface area contributed by atoms with Crippen LogP contribution in [0.1, 0.15) is 35.3 Å². The Morgan fingerprint density at radius 3 is 2.97 bits per heavy atom. The Balaban J connectivity index is 1.53. The van der Waals surface area contributed by atoms with Gasteiger partial charge in [0.15, 0.2) is 0 Å². The number of aryl methyl sites for hydroxylation is 1. The van der Waals surface area contributed by atoms with Gasteiger partial charge in [-0.25, -0.2) is 14.6 Å². The molecule has 10 nitrogen and oxygen atoms in total. The van der Waals surface area contributed by atoms with E-state index in [1.54, 1.807) is 30.4 Å². The Bertz CT molecular complexity index is 1100. The van der Waals surface area contributed by atoms with Gasteiger partial charge in [0, 0.05) is 16.8 Å². The maximum absolute atomic E-state index is 12.7. The number of urea groups is 1. The van der Waals surface area contributed by atoms with E-state index in [9.17, 15) is 9.59 Å². The van der Waals surface area contributed by atoms with E-state index in [-0.39, 0.29) is 17.9 Å². The third-order valence-electron chi connectivity index (χ3n) is 4.26. The largest absolute Gasteiger partial charge is 0.467 e. The van der Waals surface area contributed by atoms with Crippen molar-refractivity contribution in [3.8, 4) is 0 Å². The highest BCUT2D eigenvalue weighted by Gasteiger charge is 2.35. The van der Waals surface area contributed by atoms with Crippen molar-refractivity contribution in [2.75, 3.05) is 12.4 Å². The second-order valence-corrected chi connectivity index (χ2v) is 8.43. The Labute approximate surface area is 185 Å². The molecule has 4 rings (SSSR count). The summed E-state index contributed by atoms with van der Waals surface area (Å²) in [5.74, 6) is 0.544. The fourth-order valence-electron chi connectivity index (χ4n) is 3.00. The Morgan fingerprint density at radius 2 is 2.26 bits per heavy atom. The molecule has 0 bridgehead atoms. The van der Waals surface area contributed by atoms with Crippen LogP contribution in [0.2, 0.25) is 0 Å². The van der Waals surface area contributed by atoms with Crippen LogP contribution in [0.5, 0.6) is 0 Å². The quantitative estimate of drug-likeness (QED) is 0.384. The number of furan rings is 1. The lowest BCUT2D eigenvalue weighted by molar-refractivity contribution is -0.139. The number of hydrogen-bond donors (Lipinski definition) is 2. The molecular weight excluding hydrogens is 442 g/mol. The van der Waals surface area contributed by atoms with Crippen LogP contribution in [-0.2, 0) is 16.0 Å². The maximum Gasteiger partial charge on any atom is 0.338 e. The fraction of sp³-hybridized carbons (Fsp3) is 0.316. The average molecular weight is 462 g/mol. The molecule has 0 aromatic carbocycles. The predicted octanol–water partition coefficient (Wildman–Crippen LogP) is 2.98. The molecule has 1 atom stereocenters. The fourth-order valence-corrected chi connectivity index (χ4v) is 4.36. The summed E-state index contributed by atoms with van der Waals surface area (Å²) < 4.78 is 16.3. The van der Waals surface area contributed by atoms with E-state index in [2.05, 4.69) is 25.8 Å². The number of thioether (sulfide) groups is 1. The number of hydrogen-bond acceptors (Lipinski definition) is 10. The molecule has 0 fully saturated rings. The van der Waals surface area contributed by atoms with E-state index in [1.165, 1.54) is 18.0 Å². The van der Waals surface area contributed by atoms with Crippen molar-refractivity contribution in [3.05, 3.63) is 57.4 Å². The number of nitrogens with one attached hydrogen (secondary N) is 2. The van der Waals surface area contributed by atoms with E-state index >= 15 is 0 Å². The monoisotopic (exact) mass is 461 g/mol. The second kappa shape index (κ2) is 9.35. The average Bonchev–Trinajstić information content (AvgIpc) is 3.49. The van der Waals surface area contributed by atoms with E-state index < -0.39 is 18.0 Å². The number of carbonyl (C=O) groups excluding carboxylic acids is 2. The lowest BCUT2D eigenvalue weighted by Gasteiger charge is -2.27.